The average molecular weight is 171 g/mol. The van der Waals surface area contributed by atoms with Gasteiger partial charge in [0.25, 0.3) is 0 Å². The van der Waals surface area contributed by atoms with E-state index in [1.807, 2.05) is 30.3 Å². The van der Waals surface area contributed by atoms with E-state index in [-0.39, 0.29) is 0 Å². The zero-order chi connectivity index (χ0) is 9.26. The number of hydrogen-bond acceptors (Lipinski definition) is 1. The summed E-state index contributed by atoms with van der Waals surface area (Å²) in [6.45, 7) is 3.81. The zero-order valence-corrected chi connectivity index (χ0v) is 7.33. The molecule has 0 amide bonds. The molecule has 0 atom stereocenters. The first-order valence-corrected chi connectivity index (χ1v) is 4.32. The number of rotatable bonds is 1. The molecule has 0 saturated heterocycles. The van der Waals surface area contributed by atoms with Crippen molar-refractivity contribution in [1.82, 2.24) is 0 Å². The quantitative estimate of drug-likeness (QED) is 0.699. The van der Waals surface area contributed by atoms with Gasteiger partial charge in [-0.2, -0.15) is 0 Å². The lowest BCUT2D eigenvalue weighted by atomic mass is 10.0. The third-order valence-electron chi connectivity index (χ3n) is 2.27. The smallest absolute Gasteiger partial charge is 0.119 e. The van der Waals surface area contributed by atoms with E-state index < -0.39 is 0 Å². The molecule has 1 N–H and O–H groups in total. The van der Waals surface area contributed by atoms with Crippen LogP contribution < -0.4 is 0 Å². The van der Waals surface area contributed by atoms with Gasteiger partial charge in [-0.3, -0.25) is 0 Å². The average Bonchev–Trinajstić information content (AvgIpc) is 2.18. The summed E-state index contributed by atoms with van der Waals surface area (Å²) in [5, 5.41) is 11.8. The standard InChI is InChI=1S/C12H11O/c1-2-10-11-6-4-3-5-9(11)7-8-12(10)13/h3-8,13H,1-2H2. The summed E-state index contributed by atoms with van der Waals surface area (Å²) in [5.74, 6) is 0.341. The molecule has 0 bridgehead atoms. The van der Waals surface area contributed by atoms with Crippen molar-refractivity contribution in [2.24, 2.45) is 0 Å². The van der Waals surface area contributed by atoms with Gasteiger partial charge in [-0.25, -0.2) is 0 Å². The van der Waals surface area contributed by atoms with E-state index in [0.29, 0.717) is 12.2 Å². The molecule has 2 rings (SSSR count). The lowest BCUT2D eigenvalue weighted by Crippen LogP contribution is -1.84. The fraction of sp³-hybridized carbons (Fsp3) is 0.0833. The minimum absolute atomic E-state index is 0.341. The van der Waals surface area contributed by atoms with Crippen molar-refractivity contribution < 1.29 is 5.11 Å². The number of benzene rings is 2. The van der Waals surface area contributed by atoms with Crippen LogP contribution in [0.1, 0.15) is 5.56 Å². The summed E-state index contributed by atoms with van der Waals surface area (Å²) in [6.07, 6.45) is 0.618. The molecule has 0 aromatic heterocycles. The molecule has 13 heavy (non-hydrogen) atoms. The van der Waals surface area contributed by atoms with E-state index in [1.165, 1.54) is 0 Å². The van der Waals surface area contributed by atoms with Gasteiger partial charge in [0, 0.05) is 5.56 Å². The Morgan fingerprint density at radius 1 is 1.08 bits per heavy atom. The highest BCUT2D eigenvalue weighted by atomic mass is 16.3. The van der Waals surface area contributed by atoms with E-state index in [1.54, 1.807) is 6.07 Å². The Kier molecular flexibility index (Phi) is 1.93. The molecular weight excluding hydrogens is 160 g/mol. The molecule has 2 aromatic rings. The Hall–Kier alpha value is -1.50. The molecule has 0 aliphatic heterocycles. The van der Waals surface area contributed by atoms with Crippen LogP contribution in [0.15, 0.2) is 36.4 Å². The highest BCUT2D eigenvalue weighted by Crippen LogP contribution is 2.26. The predicted molar refractivity (Wildman–Crippen MR) is 54.7 cm³/mol. The lowest BCUT2D eigenvalue weighted by Gasteiger charge is -2.05. The summed E-state index contributed by atoms with van der Waals surface area (Å²) < 4.78 is 0. The fourth-order valence-electron chi connectivity index (χ4n) is 1.59. The second-order valence-electron chi connectivity index (χ2n) is 3.03. The van der Waals surface area contributed by atoms with Gasteiger partial charge < -0.3 is 5.11 Å². The van der Waals surface area contributed by atoms with Gasteiger partial charge in [0.1, 0.15) is 5.75 Å². The molecule has 1 nitrogen and oxygen atoms in total. The van der Waals surface area contributed by atoms with E-state index in [9.17, 15) is 5.11 Å². The van der Waals surface area contributed by atoms with Gasteiger partial charge >= 0.3 is 0 Å². The van der Waals surface area contributed by atoms with E-state index in [0.717, 1.165) is 16.3 Å². The number of phenolic OH excluding ortho intramolecular Hbond substituents is 1. The SMILES string of the molecule is [CH2]Cc1c(O)ccc2ccccc12. The first-order chi connectivity index (χ1) is 6.33. The third-order valence-corrected chi connectivity index (χ3v) is 2.27. The molecule has 0 aliphatic rings. The molecule has 0 unspecified atom stereocenters. The minimum atomic E-state index is 0.341. The van der Waals surface area contributed by atoms with Gasteiger partial charge in [-0.05, 0) is 30.2 Å². The van der Waals surface area contributed by atoms with Gasteiger partial charge in [-0.1, -0.05) is 30.3 Å². The molecular formula is C12H11O. The van der Waals surface area contributed by atoms with Crippen molar-refractivity contribution >= 4 is 10.8 Å². The molecule has 0 heterocycles. The minimum Gasteiger partial charge on any atom is -0.508 e. The van der Waals surface area contributed by atoms with Crippen LogP contribution in [0.25, 0.3) is 10.8 Å². The molecule has 0 aliphatic carbocycles. The molecule has 65 valence electrons. The monoisotopic (exact) mass is 171 g/mol. The highest BCUT2D eigenvalue weighted by Gasteiger charge is 2.03. The van der Waals surface area contributed by atoms with Gasteiger partial charge in [-0.15, -0.1) is 0 Å². The van der Waals surface area contributed by atoms with Crippen LogP contribution in [0, 0.1) is 6.92 Å². The number of hydrogen-bond donors (Lipinski definition) is 1. The van der Waals surface area contributed by atoms with E-state index in [2.05, 4.69) is 6.92 Å². The van der Waals surface area contributed by atoms with Crippen LogP contribution in [-0.2, 0) is 6.42 Å². The normalized spacial score (nSPS) is 10.5. The van der Waals surface area contributed by atoms with Crippen molar-refractivity contribution in [3.8, 4) is 5.75 Å². The number of phenols is 1. The summed E-state index contributed by atoms with van der Waals surface area (Å²) in [5.41, 5.74) is 0.929. The van der Waals surface area contributed by atoms with Crippen LogP contribution in [0.5, 0.6) is 5.75 Å². The zero-order valence-electron chi connectivity index (χ0n) is 7.33. The fourth-order valence-corrected chi connectivity index (χ4v) is 1.59. The number of fused-ring (bicyclic) bond motifs is 1. The van der Waals surface area contributed by atoms with Crippen LogP contribution >= 0.6 is 0 Å². The highest BCUT2D eigenvalue weighted by molar-refractivity contribution is 5.87. The first kappa shape index (κ1) is 8.11. The maximum absolute atomic E-state index is 9.57. The maximum Gasteiger partial charge on any atom is 0.119 e. The largest absolute Gasteiger partial charge is 0.508 e. The van der Waals surface area contributed by atoms with Crippen molar-refractivity contribution in [1.29, 1.82) is 0 Å². The molecule has 1 radical (unpaired) electrons. The van der Waals surface area contributed by atoms with E-state index >= 15 is 0 Å². The van der Waals surface area contributed by atoms with Crippen LogP contribution in [0.4, 0.5) is 0 Å². The molecule has 2 aromatic carbocycles. The predicted octanol–water partition coefficient (Wildman–Crippen LogP) is 2.92. The Morgan fingerprint density at radius 3 is 2.62 bits per heavy atom. The summed E-state index contributed by atoms with van der Waals surface area (Å²) >= 11 is 0. The van der Waals surface area contributed by atoms with Crippen molar-refractivity contribution in [2.75, 3.05) is 0 Å². The summed E-state index contributed by atoms with van der Waals surface area (Å²) in [7, 11) is 0. The van der Waals surface area contributed by atoms with Crippen molar-refractivity contribution in [3.05, 3.63) is 48.9 Å². The molecule has 0 spiro atoms. The van der Waals surface area contributed by atoms with Crippen LogP contribution in [-0.4, -0.2) is 5.11 Å². The number of aromatic hydroxyl groups is 1. The van der Waals surface area contributed by atoms with Gasteiger partial charge in [0.05, 0.1) is 0 Å². The lowest BCUT2D eigenvalue weighted by molar-refractivity contribution is 0.471. The van der Waals surface area contributed by atoms with Gasteiger partial charge in [0.15, 0.2) is 0 Å². The van der Waals surface area contributed by atoms with Crippen molar-refractivity contribution in [3.63, 3.8) is 0 Å². The van der Waals surface area contributed by atoms with Crippen LogP contribution in [0.2, 0.25) is 0 Å². The summed E-state index contributed by atoms with van der Waals surface area (Å²) in [4.78, 5) is 0. The third kappa shape index (κ3) is 1.26. The molecule has 0 saturated carbocycles. The Morgan fingerprint density at radius 2 is 1.85 bits per heavy atom. The van der Waals surface area contributed by atoms with Gasteiger partial charge in [0.2, 0.25) is 0 Å². The molecule has 0 fully saturated rings. The first-order valence-electron chi connectivity index (χ1n) is 4.32. The second kappa shape index (κ2) is 3.09. The Bertz CT molecular complexity index is 432. The van der Waals surface area contributed by atoms with Crippen molar-refractivity contribution in [2.45, 2.75) is 6.42 Å². The maximum atomic E-state index is 9.57. The summed E-state index contributed by atoms with van der Waals surface area (Å²) in [6, 6.07) is 11.7. The van der Waals surface area contributed by atoms with E-state index in [4.69, 9.17) is 0 Å². The second-order valence-corrected chi connectivity index (χ2v) is 3.03. The molecule has 1 heteroatoms. The van der Waals surface area contributed by atoms with Crippen LogP contribution in [0.3, 0.4) is 0 Å². The topological polar surface area (TPSA) is 20.2 Å². The Labute approximate surface area is 77.6 Å². The Balaban J connectivity index is 2.84.